The second-order valence-corrected chi connectivity index (χ2v) is 12.3. The van der Waals surface area contributed by atoms with Crippen molar-refractivity contribution in [2.24, 2.45) is 5.10 Å². The van der Waals surface area contributed by atoms with Crippen LogP contribution in [0, 0.1) is 3.57 Å². The summed E-state index contributed by atoms with van der Waals surface area (Å²) in [7, 11) is 0. The van der Waals surface area contributed by atoms with Crippen molar-refractivity contribution in [3.8, 4) is 23.1 Å². The van der Waals surface area contributed by atoms with E-state index in [0.29, 0.717) is 56.0 Å². The molecule has 7 nitrogen and oxygen atoms in total. The van der Waals surface area contributed by atoms with E-state index in [-0.39, 0.29) is 18.0 Å². The van der Waals surface area contributed by atoms with E-state index in [2.05, 4.69) is 43.6 Å². The van der Waals surface area contributed by atoms with Gasteiger partial charge < -0.3 is 13.9 Å². The predicted octanol–water partition coefficient (Wildman–Crippen LogP) is 9.34. The lowest BCUT2D eigenvalue weighted by molar-refractivity contribution is 0.267. The largest absolute Gasteiger partial charge is 0.490 e. The fourth-order valence-corrected chi connectivity index (χ4v) is 6.12. The van der Waals surface area contributed by atoms with Gasteiger partial charge in [-0.2, -0.15) is 9.78 Å². The Morgan fingerprint density at radius 2 is 1.88 bits per heavy atom. The van der Waals surface area contributed by atoms with Gasteiger partial charge in [-0.25, -0.2) is 4.98 Å². The molecule has 0 unspecified atom stereocenters. The van der Waals surface area contributed by atoms with Gasteiger partial charge in [0.1, 0.15) is 12.2 Å². The molecule has 11 heteroatoms. The summed E-state index contributed by atoms with van der Waals surface area (Å²) in [5.74, 6) is 1.81. The van der Waals surface area contributed by atoms with Crippen LogP contribution in [0.5, 0.6) is 11.5 Å². The summed E-state index contributed by atoms with van der Waals surface area (Å²) in [6.45, 7) is 2.55. The number of ether oxygens (including phenoxy) is 2. The van der Waals surface area contributed by atoms with Crippen LogP contribution in [0.25, 0.3) is 33.5 Å². The van der Waals surface area contributed by atoms with Gasteiger partial charge in [-0.15, -0.1) is 0 Å². The number of benzene rings is 4. The number of halogens is 4. The molecular weight excluding hydrogens is 768 g/mol. The van der Waals surface area contributed by atoms with Crippen LogP contribution in [0.2, 0.25) is 10.0 Å². The van der Waals surface area contributed by atoms with Gasteiger partial charge >= 0.3 is 0 Å². The quantitative estimate of drug-likeness (QED) is 0.114. The molecule has 2 heterocycles. The number of furan rings is 1. The summed E-state index contributed by atoms with van der Waals surface area (Å²) < 4.78 is 21.1. The van der Waals surface area contributed by atoms with Crippen LogP contribution in [0.1, 0.15) is 18.1 Å². The Morgan fingerprint density at radius 3 is 2.70 bits per heavy atom. The number of nitrogens with zero attached hydrogens (tertiary/aromatic N) is 3. The lowest BCUT2D eigenvalue weighted by atomic mass is 10.2. The standard InChI is InChI=1S/C32H21BrCl2IN3O4/c1-2-41-28-12-18(11-25(36)30(28)42-17-19-7-9-22(34)15-24(19)35)16-37-39-31(38-26-6-4-3-5-23(26)32(39)40)29-14-20-13-21(33)8-10-27(20)43-29/h3-16H,2,17H2,1H3. The van der Waals surface area contributed by atoms with E-state index >= 15 is 0 Å². The Kier molecular flexibility index (Phi) is 8.76. The molecule has 0 saturated heterocycles. The first-order valence-electron chi connectivity index (χ1n) is 13.1. The minimum atomic E-state index is -0.321. The van der Waals surface area contributed by atoms with Gasteiger partial charge in [-0.1, -0.05) is 57.3 Å². The zero-order chi connectivity index (χ0) is 30.1. The Hall–Kier alpha value is -3.38. The average molecular weight is 789 g/mol. The van der Waals surface area contributed by atoms with Gasteiger partial charge in [0.25, 0.3) is 5.56 Å². The molecule has 43 heavy (non-hydrogen) atoms. The first-order valence-corrected chi connectivity index (χ1v) is 15.7. The molecule has 0 bridgehead atoms. The van der Waals surface area contributed by atoms with E-state index < -0.39 is 0 Å². The minimum Gasteiger partial charge on any atom is -0.490 e. The molecule has 2 aromatic heterocycles. The van der Waals surface area contributed by atoms with Gasteiger partial charge in [0.05, 0.1) is 27.3 Å². The lowest BCUT2D eigenvalue weighted by Crippen LogP contribution is -2.20. The zero-order valence-corrected chi connectivity index (χ0v) is 27.7. The monoisotopic (exact) mass is 787 g/mol. The van der Waals surface area contributed by atoms with E-state index in [1.165, 1.54) is 4.68 Å². The van der Waals surface area contributed by atoms with Crippen LogP contribution < -0.4 is 15.0 Å². The highest BCUT2D eigenvalue weighted by Crippen LogP contribution is 2.35. The molecule has 0 amide bonds. The SMILES string of the molecule is CCOc1cc(C=Nn2c(-c3cc4cc(Br)ccc4o3)nc3ccccc3c2=O)cc(I)c1OCc1ccc(Cl)cc1Cl. The Bertz CT molecular complexity index is 2090. The van der Waals surface area contributed by atoms with E-state index in [4.69, 9.17) is 42.1 Å². The van der Waals surface area contributed by atoms with Crippen LogP contribution in [0.3, 0.4) is 0 Å². The minimum absolute atomic E-state index is 0.231. The first-order chi connectivity index (χ1) is 20.8. The van der Waals surface area contributed by atoms with Crippen LogP contribution >= 0.6 is 61.7 Å². The highest BCUT2D eigenvalue weighted by molar-refractivity contribution is 14.1. The van der Waals surface area contributed by atoms with Crippen molar-refractivity contribution < 1.29 is 13.9 Å². The number of aromatic nitrogens is 2. The van der Waals surface area contributed by atoms with Crippen LogP contribution in [0.15, 0.2) is 97.6 Å². The van der Waals surface area contributed by atoms with Gasteiger partial charge in [-0.05, 0) is 95.7 Å². The molecule has 0 N–H and O–H groups in total. The normalized spacial score (nSPS) is 11.6. The van der Waals surface area contributed by atoms with Crippen molar-refractivity contribution in [1.82, 2.24) is 9.66 Å². The zero-order valence-electron chi connectivity index (χ0n) is 22.5. The molecule has 0 radical (unpaired) electrons. The molecule has 216 valence electrons. The van der Waals surface area contributed by atoms with Crippen LogP contribution in [0.4, 0.5) is 0 Å². The third-order valence-corrected chi connectivity index (χ3v) is 8.38. The number of hydrogen-bond acceptors (Lipinski definition) is 6. The first kappa shape index (κ1) is 29.7. The molecular formula is C32H21BrCl2IN3O4. The third kappa shape index (κ3) is 6.31. The molecule has 0 aliphatic heterocycles. The lowest BCUT2D eigenvalue weighted by Gasteiger charge is -2.15. The van der Waals surface area contributed by atoms with E-state index in [0.717, 1.165) is 19.0 Å². The van der Waals surface area contributed by atoms with Crippen molar-refractivity contribution >= 4 is 89.8 Å². The molecule has 0 saturated carbocycles. The summed E-state index contributed by atoms with van der Waals surface area (Å²) in [4.78, 5) is 18.4. The van der Waals surface area contributed by atoms with Gasteiger partial charge in [0.2, 0.25) is 5.82 Å². The highest BCUT2D eigenvalue weighted by Gasteiger charge is 2.18. The third-order valence-electron chi connectivity index (χ3n) is 6.49. The van der Waals surface area contributed by atoms with Crippen LogP contribution in [-0.4, -0.2) is 22.5 Å². The van der Waals surface area contributed by atoms with E-state index in [1.807, 2.05) is 55.5 Å². The van der Waals surface area contributed by atoms with E-state index in [9.17, 15) is 4.79 Å². The number of hydrogen-bond donors (Lipinski definition) is 0. The van der Waals surface area contributed by atoms with Crippen molar-refractivity contribution in [3.05, 3.63) is 118 Å². The molecule has 0 fully saturated rings. The van der Waals surface area contributed by atoms with Crippen molar-refractivity contribution in [3.63, 3.8) is 0 Å². The molecule has 0 spiro atoms. The summed E-state index contributed by atoms with van der Waals surface area (Å²) >= 11 is 18.1. The molecule has 6 aromatic rings. The number of fused-ring (bicyclic) bond motifs is 2. The van der Waals surface area contributed by atoms with Crippen LogP contribution in [-0.2, 0) is 6.61 Å². The fraction of sp³-hybridized carbons (Fsp3) is 0.0938. The molecule has 0 aliphatic rings. The maximum absolute atomic E-state index is 13.7. The molecule has 0 atom stereocenters. The second-order valence-electron chi connectivity index (χ2n) is 9.39. The Morgan fingerprint density at radius 1 is 1.05 bits per heavy atom. The predicted molar refractivity (Wildman–Crippen MR) is 183 cm³/mol. The van der Waals surface area contributed by atoms with Crippen molar-refractivity contribution in [1.29, 1.82) is 0 Å². The molecule has 0 aliphatic carbocycles. The molecule has 4 aromatic carbocycles. The molecule has 6 rings (SSSR count). The Labute approximate surface area is 278 Å². The summed E-state index contributed by atoms with van der Waals surface area (Å²) in [5, 5.41) is 6.98. The number of rotatable bonds is 8. The Balaban J connectivity index is 1.40. The second kappa shape index (κ2) is 12.7. The summed E-state index contributed by atoms with van der Waals surface area (Å²) in [5.41, 5.74) is 2.39. The maximum Gasteiger partial charge on any atom is 0.282 e. The summed E-state index contributed by atoms with van der Waals surface area (Å²) in [6, 6.07) is 23.7. The smallest absolute Gasteiger partial charge is 0.282 e. The number of para-hydroxylation sites is 1. The highest BCUT2D eigenvalue weighted by atomic mass is 127. The van der Waals surface area contributed by atoms with Crippen molar-refractivity contribution in [2.45, 2.75) is 13.5 Å². The van der Waals surface area contributed by atoms with Crippen molar-refractivity contribution in [2.75, 3.05) is 6.61 Å². The van der Waals surface area contributed by atoms with Gasteiger partial charge in [-0.3, -0.25) is 4.79 Å². The topological polar surface area (TPSA) is 78.9 Å². The van der Waals surface area contributed by atoms with E-state index in [1.54, 1.807) is 36.5 Å². The fourth-order valence-electron chi connectivity index (χ4n) is 4.49. The average Bonchev–Trinajstić information content (AvgIpc) is 3.40. The summed E-state index contributed by atoms with van der Waals surface area (Å²) in [6.07, 6.45) is 1.59. The van der Waals surface area contributed by atoms with Gasteiger partial charge in [0, 0.05) is 25.5 Å². The maximum atomic E-state index is 13.7. The van der Waals surface area contributed by atoms with Gasteiger partial charge in [0.15, 0.2) is 17.3 Å².